The molecule has 2 bridgehead atoms. The SMILES string of the molecule is O=C(NCc1cccc(Cl)c1F)c1cn2c(c(O)c1=O)C(=O)N1C3CCC(C3)C1C2. The minimum atomic E-state index is -0.915. The molecule has 2 fully saturated rings. The van der Waals surface area contributed by atoms with Gasteiger partial charge in [0.15, 0.2) is 11.4 Å². The van der Waals surface area contributed by atoms with Crippen molar-refractivity contribution in [2.75, 3.05) is 0 Å². The third-order valence-electron chi connectivity index (χ3n) is 6.53. The first-order chi connectivity index (χ1) is 14.4. The Labute approximate surface area is 176 Å². The molecular formula is C21H19ClFN3O4. The number of halogens is 2. The van der Waals surface area contributed by atoms with Crippen molar-refractivity contribution in [1.82, 2.24) is 14.8 Å². The molecule has 1 saturated heterocycles. The minimum absolute atomic E-state index is 0.0159. The summed E-state index contributed by atoms with van der Waals surface area (Å²) in [5.41, 5.74) is -1.10. The van der Waals surface area contributed by atoms with Gasteiger partial charge in [-0.1, -0.05) is 23.7 Å². The fourth-order valence-corrected chi connectivity index (χ4v) is 5.30. The second-order valence-corrected chi connectivity index (χ2v) is 8.53. The molecule has 1 aromatic carbocycles. The van der Waals surface area contributed by atoms with Crippen molar-refractivity contribution < 1.29 is 19.1 Å². The highest BCUT2D eigenvalue weighted by molar-refractivity contribution is 6.30. The van der Waals surface area contributed by atoms with E-state index in [1.165, 1.54) is 22.9 Å². The smallest absolute Gasteiger partial charge is 0.275 e. The molecule has 1 saturated carbocycles. The normalized spacial score (nSPS) is 24.0. The van der Waals surface area contributed by atoms with E-state index >= 15 is 0 Å². The van der Waals surface area contributed by atoms with Crippen LogP contribution in [0.3, 0.4) is 0 Å². The average Bonchev–Trinajstić information content (AvgIpc) is 3.33. The Balaban J connectivity index is 1.45. The van der Waals surface area contributed by atoms with E-state index in [1.54, 1.807) is 11.0 Å². The van der Waals surface area contributed by atoms with E-state index < -0.39 is 22.9 Å². The fraction of sp³-hybridized carbons (Fsp3) is 0.381. The van der Waals surface area contributed by atoms with Crippen molar-refractivity contribution in [1.29, 1.82) is 0 Å². The van der Waals surface area contributed by atoms with Crippen LogP contribution >= 0.6 is 11.6 Å². The van der Waals surface area contributed by atoms with Crippen molar-refractivity contribution in [3.63, 3.8) is 0 Å². The van der Waals surface area contributed by atoms with Gasteiger partial charge in [0.2, 0.25) is 5.43 Å². The molecule has 3 heterocycles. The van der Waals surface area contributed by atoms with E-state index in [9.17, 15) is 23.9 Å². The van der Waals surface area contributed by atoms with Crippen LogP contribution in [-0.4, -0.2) is 38.5 Å². The molecule has 0 spiro atoms. The molecule has 1 aliphatic carbocycles. The number of amides is 2. The molecule has 9 heteroatoms. The van der Waals surface area contributed by atoms with Gasteiger partial charge in [-0.2, -0.15) is 0 Å². The van der Waals surface area contributed by atoms with Crippen molar-refractivity contribution in [3.05, 3.63) is 62.3 Å². The van der Waals surface area contributed by atoms with Crippen LogP contribution in [0.2, 0.25) is 5.02 Å². The van der Waals surface area contributed by atoms with Gasteiger partial charge in [-0.3, -0.25) is 14.4 Å². The molecule has 3 unspecified atom stereocenters. The molecular weight excluding hydrogens is 413 g/mol. The first-order valence-electron chi connectivity index (χ1n) is 9.87. The monoisotopic (exact) mass is 431 g/mol. The number of carbonyl (C=O) groups excluding carboxylic acids is 2. The first kappa shape index (κ1) is 19.1. The van der Waals surface area contributed by atoms with Gasteiger partial charge in [0.05, 0.1) is 11.1 Å². The van der Waals surface area contributed by atoms with Gasteiger partial charge >= 0.3 is 0 Å². The number of nitrogens with one attached hydrogen (secondary N) is 1. The number of aromatic hydroxyl groups is 1. The summed E-state index contributed by atoms with van der Waals surface area (Å²) in [5.74, 6) is -2.08. The van der Waals surface area contributed by atoms with Gasteiger partial charge < -0.3 is 19.9 Å². The predicted octanol–water partition coefficient (Wildman–Crippen LogP) is 2.28. The zero-order valence-electron chi connectivity index (χ0n) is 15.9. The third-order valence-corrected chi connectivity index (χ3v) is 6.82. The summed E-state index contributed by atoms with van der Waals surface area (Å²) < 4.78 is 15.5. The Kier molecular flexibility index (Phi) is 4.36. The van der Waals surface area contributed by atoms with Gasteiger partial charge in [0, 0.05) is 30.9 Å². The highest BCUT2D eigenvalue weighted by atomic mass is 35.5. The third kappa shape index (κ3) is 2.74. The number of hydrogen-bond acceptors (Lipinski definition) is 4. The molecule has 3 atom stereocenters. The maximum atomic E-state index is 14.0. The zero-order chi connectivity index (χ0) is 21.2. The van der Waals surface area contributed by atoms with Crippen LogP contribution in [0.15, 0.2) is 29.2 Å². The minimum Gasteiger partial charge on any atom is -0.503 e. The number of aromatic nitrogens is 1. The Hall–Kier alpha value is -2.87. The fourth-order valence-electron chi connectivity index (χ4n) is 5.10. The molecule has 5 rings (SSSR count). The molecule has 2 aliphatic heterocycles. The molecule has 2 N–H and O–H groups in total. The van der Waals surface area contributed by atoms with Crippen LogP contribution in [0, 0.1) is 11.7 Å². The Morgan fingerprint density at radius 2 is 2.10 bits per heavy atom. The molecule has 0 radical (unpaired) electrons. The quantitative estimate of drug-likeness (QED) is 0.780. The summed E-state index contributed by atoms with van der Waals surface area (Å²) in [6.45, 7) is 0.256. The number of fused-ring (bicyclic) bond motifs is 6. The second-order valence-electron chi connectivity index (χ2n) is 8.12. The van der Waals surface area contributed by atoms with Crippen molar-refractivity contribution in [3.8, 4) is 5.75 Å². The molecule has 7 nitrogen and oxygen atoms in total. The highest BCUT2D eigenvalue weighted by Crippen LogP contribution is 2.45. The zero-order valence-corrected chi connectivity index (χ0v) is 16.7. The number of carbonyl (C=O) groups is 2. The van der Waals surface area contributed by atoms with Gasteiger partial charge in [-0.05, 0) is 31.2 Å². The van der Waals surface area contributed by atoms with Crippen molar-refractivity contribution >= 4 is 23.4 Å². The van der Waals surface area contributed by atoms with E-state index in [0.29, 0.717) is 12.5 Å². The summed E-state index contributed by atoms with van der Waals surface area (Å²) >= 11 is 5.75. The maximum absolute atomic E-state index is 14.0. The largest absolute Gasteiger partial charge is 0.503 e. The molecule has 30 heavy (non-hydrogen) atoms. The van der Waals surface area contributed by atoms with Crippen LogP contribution in [0.5, 0.6) is 5.75 Å². The summed E-state index contributed by atoms with van der Waals surface area (Å²) in [4.78, 5) is 40.0. The van der Waals surface area contributed by atoms with Gasteiger partial charge in [-0.15, -0.1) is 0 Å². The topological polar surface area (TPSA) is 91.6 Å². The highest BCUT2D eigenvalue weighted by Gasteiger charge is 2.51. The number of rotatable bonds is 3. The van der Waals surface area contributed by atoms with Gasteiger partial charge in [0.25, 0.3) is 11.8 Å². The Morgan fingerprint density at radius 1 is 1.30 bits per heavy atom. The molecule has 156 valence electrons. The maximum Gasteiger partial charge on any atom is 0.275 e. The van der Waals surface area contributed by atoms with Crippen molar-refractivity contribution in [2.24, 2.45) is 5.92 Å². The van der Waals surface area contributed by atoms with Gasteiger partial charge in [0.1, 0.15) is 11.4 Å². The van der Waals surface area contributed by atoms with Gasteiger partial charge in [-0.25, -0.2) is 4.39 Å². The van der Waals surface area contributed by atoms with E-state index in [0.717, 1.165) is 19.3 Å². The molecule has 2 aromatic rings. The van der Waals surface area contributed by atoms with Crippen LogP contribution in [0.4, 0.5) is 4.39 Å². The number of nitrogens with zero attached hydrogens (tertiary/aromatic N) is 2. The lowest BCUT2D eigenvalue weighted by molar-refractivity contribution is 0.0482. The summed E-state index contributed by atoms with van der Waals surface area (Å²) in [6, 6.07) is 4.60. The lowest BCUT2D eigenvalue weighted by Gasteiger charge is -2.40. The van der Waals surface area contributed by atoms with E-state index in [1.807, 2.05) is 0 Å². The predicted molar refractivity (Wildman–Crippen MR) is 106 cm³/mol. The summed E-state index contributed by atoms with van der Waals surface area (Å²) in [6.07, 6.45) is 4.26. The van der Waals surface area contributed by atoms with Crippen LogP contribution in [-0.2, 0) is 13.1 Å². The summed E-state index contributed by atoms with van der Waals surface area (Å²) in [5, 5.41) is 12.9. The number of benzene rings is 1. The average molecular weight is 432 g/mol. The standard InChI is InChI=1S/C21H19ClFN3O4/c22-14-3-1-2-11(16(14)23)7-24-20(29)13-8-25-9-15-10-4-5-12(6-10)26(15)21(30)17(25)19(28)18(13)27/h1-3,8,10,12,15,28H,4-7,9H2,(H,24,29). The van der Waals surface area contributed by atoms with Crippen molar-refractivity contribution in [2.45, 2.75) is 44.4 Å². The number of pyridine rings is 1. The van der Waals surface area contributed by atoms with E-state index in [-0.39, 0.29) is 46.4 Å². The number of piperidine rings is 1. The lowest BCUT2D eigenvalue weighted by Crippen LogP contribution is -2.52. The molecule has 3 aliphatic rings. The number of hydrogen-bond donors (Lipinski definition) is 2. The van der Waals surface area contributed by atoms with Crippen LogP contribution in [0.25, 0.3) is 0 Å². The Morgan fingerprint density at radius 3 is 2.90 bits per heavy atom. The van der Waals surface area contributed by atoms with Crippen LogP contribution in [0.1, 0.15) is 45.7 Å². The van der Waals surface area contributed by atoms with E-state index in [2.05, 4.69) is 5.32 Å². The molecule has 1 aromatic heterocycles. The van der Waals surface area contributed by atoms with Crippen LogP contribution < -0.4 is 10.7 Å². The lowest BCUT2D eigenvalue weighted by atomic mass is 9.95. The van der Waals surface area contributed by atoms with E-state index in [4.69, 9.17) is 11.6 Å². The molecule has 2 amide bonds. The summed E-state index contributed by atoms with van der Waals surface area (Å²) in [7, 11) is 0. The second kappa shape index (κ2) is 6.84. The Bertz CT molecular complexity index is 1150. The first-order valence-corrected chi connectivity index (χ1v) is 10.2.